The van der Waals surface area contributed by atoms with Gasteiger partial charge >= 0.3 is 0 Å². The van der Waals surface area contributed by atoms with Crippen LogP contribution >= 0.6 is 0 Å². The van der Waals surface area contributed by atoms with Crippen molar-refractivity contribution in [2.75, 3.05) is 5.32 Å². The maximum Gasteiger partial charge on any atom is 0.157 e. The molecule has 1 atom stereocenters. The van der Waals surface area contributed by atoms with Crippen LogP contribution in [0.4, 0.5) is 5.82 Å². The lowest BCUT2D eigenvalue weighted by Crippen LogP contribution is -2.60. The third-order valence-electron chi connectivity index (χ3n) is 9.08. The van der Waals surface area contributed by atoms with E-state index in [9.17, 15) is 5.11 Å². The van der Waals surface area contributed by atoms with E-state index in [1.165, 1.54) is 12.8 Å². The first-order chi connectivity index (χ1) is 18.0. The van der Waals surface area contributed by atoms with Gasteiger partial charge in [-0.3, -0.25) is 0 Å². The molecule has 3 heterocycles. The van der Waals surface area contributed by atoms with Crippen LogP contribution < -0.4 is 11.1 Å². The molecule has 3 fully saturated rings. The molecule has 4 aromatic rings. The van der Waals surface area contributed by atoms with Crippen LogP contribution in [0.1, 0.15) is 72.4 Å². The highest BCUT2D eigenvalue weighted by Crippen LogP contribution is 2.57. The molecule has 6 heteroatoms. The van der Waals surface area contributed by atoms with Gasteiger partial charge in [-0.05, 0) is 67.2 Å². The third kappa shape index (κ3) is 3.25. The first-order valence-electron chi connectivity index (χ1n) is 13.5. The van der Waals surface area contributed by atoms with Gasteiger partial charge in [0.2, 0.25) is 0 Å². The van der Waals surface area contributed by atoms with E-state index in [1.54, 1.807) is 0 Å². The molecule has 0 radical (unpaired) electrons. The van der Waals surface area contributed by atoms with E-state index in [1.807, 2.05) is 16.8 Å². The topological polar surface area (TPSA) is 88.5 Å². The van der Waals surface area contributed by atoms with Crippen molar-refractivity contribution in [1.82, 2.24) is 14.6 Å². The number of benzene rings is 2. The zero-order valence-corrected chi connectivity index (χ0v) is 20.8. The van der Waals surface area contributed by atoms with Gasteiger partial charge in [0.1, 0.15) is 11.4 Å². The van der Waals surface area contributed by atoms with Crippen LogP contribution in [-0.4, -0.2) is 25.3 Å². The minimum atomic E-state index is -0.571. The predicted octanol–water partition coefficient (Wildman–Crippen LogP) is 5.08. The molecule has 0 bridgehead atoms. The lowest BCUT2D eigenvalue weighted by Gasteiger charge is -2.52. The summed E-state index contributed by atoms with van der Waals surface area (Å²) in [7, 11) is 0. The van der Waals surface area contributed by atoms with E-state index < -0.39 is 16.7 Å². The molecule has 1 unspecified atom stereocenters. The van der Waals surface area contributed by atoms with Gasteiger partial charge in [0.15, 0.2) is 5.65 Å². The summed E-state index contributed by atoms with van der Waals surface area (Å²) in [6.07, 6.45) is 12.3. The van der Waals surface area contributed by atoms with Crippen molar-refractivity contribution >= 4 is 17.5 Å². The summed E-state index contributed by atoms with van der Waals surface area (Å²) in [6.45, 7) is 0. The summed E-state index contributed by atoms with van der Waals surface area (Å²) in [4.78, 5) is 4.68. The summed E-state index contributed by atoms with van der Waals surface area (Å²) >= 11 is 0. The summed E-state index contributed by atoms with van der Waals surface area (Å²) < 4.78 is 1.97. The Morgan fingerprint density at radius 3 is 2.32 bits per heavy atom. The van der Waals surface area contributed by atoms with Gasteiger partial charge in [0.25, 0.3) is 0 Å². The first-order valence-corrected chi connectivity index (χ1v) is 13.5. The van der Waals surface area contributed by atoms with Crippen molar-refractivity contribution in [2.24, 2.45) is 11.7 Å². The van der Waals surface area contributed by atoms with Crippen LogP contribution in [0.15, 0.2) is 72.9 Å². The van der Waals surface area contributed by atoms with Crippen LogP contribution in [0.25, 0.3) is 11.7 Å². The van der Waals surface area contributed by atoms with Gasteiger partial charge in [0, 0.05) is 29.3 Å². The maximum atomic E-state index is 10.9. The van der Waals surface area contributed by atoms with Crippen LogP contribution in [0, 0.1) is 5.92 Å². The molecular weight excluding hydrogens is 458 g/mol. The van der Waals surface area contributed by atoms with E-state index in [0.717, 1.165) is 52.3 Å². The SMILES string of the molecule is NC1(c2ccc(C3(c4ccccc4)C=Cc4cnc5cc(C6CC6)nn5c4N3)cc2)CC(O)(C2CC2)C1. The Balaban J connectivity index is 1.20. The number of aromatic nitrogens is 3. The van der Waals surface area contributed by atoms with Gasteiger partial charge < -0.3 is 16.2 Å². The summed E-state index contributed by atoms with van der Waals surface area (Å²) in [6, 6.07) is 21.3. The number of aliphatic hydroxyl groups is 1. The summed E-state index contributed by atoms with van der Waals surface area (Å²) in [5.74, 6) is 1.96. The van der Waals surface area contributed by atoms with Crippen molar-refractivity contribution in [1.29, 1.82) is 0 Å². The average molecular weight is 490 g/mol. The summed E-state index contributed by atoms with van der Waals surface area (Å²) in [5, 5.41) is 19.7. The molecule has 0 saturated heterocycles. The molecule has 1 aliphatic heterocycles. The Kier molecular flexibility index (Phi) is 4.26. The van der Waals surface area contributed by atoms with Gasteiger partial charge in [-0.25, -0.2) is 4.98 Å². The fourth-order valence-corrected chi connectivity index (χ4v) is 6.66. The van der Waals surface area contributed by atoms with E-state index in [-0.39, 0.29) is 0 Å². The smallest absolute Gasteiger partial charge is 0.157 e. The number of rotatable bonds is 5. The number of nitrogens with two attached hydrogens (primary N) is 1. The van der Waals surface area contributed by atoms with Gasteiger partial charge in [-0.2, -0.15) is 9.61 Å². The van der Waals surface area contributed by atoms with Crippen LogP contribution in [-0.2, 0) is 11.1 Å². The van der Waals surface area contributed by atoms with E-state index in [4.69, 9.17) is 10.8 Å². The zero-order valence-electron chi connectivity index (χ0n) is 20.8. The predicted molar refractivity (Wildman–Crippen MR) is 144 cm³/mol. The zero-order chi connectivity index (χ0) is 24.8. The largest absolute Gasteiger partial charge is 0.389 e. The van der Waals surface area contributed by atoms with Crippen molar-refractivity contribution < 1.29 is 5.11 Å². The number of fused-ring (bicyclic) bond motifs is 3. The average Bonchev–Trinajstić information content (AvgIpc) is 3.85. The molecular formula is C31H31N5O. The molecule has 4 N–H and O–H groups in total. The third-order valence-corrected chi connectivity index (χ3v) is 9.08. The first kappa shape index (κ1) is 21.6. The molecule has 4 aliphatic rings. The molecule has 3 saturated carbocycles. The minimum Gasteiger partial charge on any atom is -0.389 e. The second-order valence-corrected chi connectivity index (χ2v) is 11.8. The number of nitrogens with zero attached hydrogens (tertiary/aromatic N) is 3. The number of nitrogens with one attached hydrogen (secondary N) is 1. The van der Waals surface area contributed by atoms with Crippen LogP contribution in [0.2, 0.25) is 0 Å². The van der Waals surface area contributed by atoms with Crippen molar-refractivity contribution in [3.8, 4) is 0 Å². The van der Waals surface area contributed by atoms with E-state index in [0.29, 0.717) is 24.7 Å². The normalized spacial score (nSPS) is 30.5. The lowest BCUT2D eigenvalue weighted by atomic mass is 9.60. The molecule has 2 aromatic carbocycles. The Hall–Kier alpha value is -3.48. The quantitative estimate of drug-likeness (QED) is 0.364. The monoisotopic (exact) mass is 489 g/mol. The molecule has 37 heavy (non-hydrogen) atoms. The standard InChI is InChI=1S/C31H31N5O/c32-29(18-30(37,19-29)23-10-11-23)22-8-12-25(13-9-22)31(24-4-2-1-3-5-24)15-14-21-17-33-27-16-26(20-6-7-20)35-36(27)28(21)34-31/h1-5,8-9,12-17,20,23,34,37H,6-7,10-11,18-19,32H2. The number of anilines is 1. The maximum absolute atomic E-state index is 10.9. The molecule has 0 amide bonds. The molecule has 186 valence electrons. The molecule has 2 aromatic heterocycles. The van der Waals surface area contributed by atoms with Crippen molar-refractivity contribution in [3.63, 3.8) is 0 Å². The Labute approximate surface area is 216 Å². The highest BCUT2D eigenvalue weighted by atomic mass is 16.3. The minimum absolute atomic E-state index is 0.440. The highest BCUT2D eigenvalue weighted by molar-refractivity contribution is 5.74. The molecule has 0 spiro atoms. The van der Waals surface area contributed by atoms with Gasteiger partial charge in [0.05, 0.1) is 11.3 Å². The van der Waals surface area contributed by atoms with E-state index >= 15 is 0 Å². The Morgan fingerprint density at radius 1 is 0.919 bits per heavy atom. The van der Waals surface area contributed by atoms with Crippen LogP contribution in [0.3, 0.4) is 0 Å². The van der Waals surface area contributed by atoms with Gasteiger partial charge in [-0.1, -0.05) is 60.7 Å². The molecule has 6 nitrogen and oxygen atoms in total. The fourth-order valence-electron chi connectivity index (χ4n) is 6.66. The second-order valence-electron chi connectivity index (χ2n) is 11.8. The second kappa shape index (κ2) is 7.30. The Bertz CT molecular complexity index is 1540. The number of hydrogen-bond acceptors (Lipinski definition) is 5. The summed E-state index contributed by atoms with van der Waals surface area (Å²) in [5.41, 5.74) is 11.6. The Morgan fingerprint density at radius 2 is 1.62 bits per heavy atom. The van der Waals surface area contributed by atoms with Crippen molar-refractivity contribution in [3.05, 3.63) is 101 Å². The van der Waals surface area contributed by atoms with Crippen LogP contribution in [0.5, 0.6) is 0 Å². The van der Waals surface area contributed by atoms with Crippen molar-refractivity contribution in [2.45, 2.75) is 61.1 Å². The fraction of sp³-hybridized carbons (Fsp3) is 0.355. The highest BCUT2D eigenvalue weighted by Gasteiger charge is 2.59. The molecule has 8 rings (SSSR count). The lowest BCUT2D eigenvalue weighted by molar-refractivity contribution is -0.106. The van der Waals surface area contributed by atoms with E-state index in [2.05, 4.69) is 77.1 Å². The van der Waals surface area contributed by atoms with Gasteiger partial charge in [-0.15, -0.1) is 0 Å². The molecule has 3 aliphatic carbocycles. The number of hydrogen-bond donors (Lipinski definition) is 3.